The first-order valence-corrected chi connectivity index (χ1v) is 5.51. The van der Waals surface area contributed by atoms with Gasteiger partial charge in [-0.05, 0) is 31.2 Å². The lowest BCUT2D eigenvalue weighted by molar-refractivity contribution is 0.170. The number of pyridine rings is 1. The van der Waals surface area contributed by atoms with Crippen LogP contribution >= 0.6 is 0 Å². The first-order valence-electron chi connectivity index (χ1n) is 5.51. The summed E-state index contributed by atoms with van der Waals surface area (Å²) in [7, 11) is 0. The Balaban J connectivity index is 2.62. The highest BCUT2D eigenvalue weighted by Gasteiger charge is 2.16. The smallest absolute Gasteiger partial charge is 0.213 e. The van der Waals surface area contributed by atoms with E-state index in [0.717, 1.165) is 24.6 Å². The summed E-state index contributed by atoms with van der Waals surface area (Å²) in [5.41, 5.74) is 2.47. The normalized spacial score (nSPS) is 11.5. The highest BCUT2D eigenvalue weighted by molar-refractivity contribution is 5.23. The zero-order chi connectivity index (χ0) is 11.5. The van der Waals surface area contributed by atoms with Crippen molar-refractivity contribution >= 4 is 0 Å². The Labute approximate surface area is 92.7 Å². The van der Waals surface area contributed by atoms with Gasteiger partial charge in [0.2, 0.25) is 5.88 Å². The molecule has 0 aliphatic rings. The lowest BCUT2D eigenvalue weighted by Crippen LogP contribution is -2.20. The van der Waals surface area contributed by atoms with E-state index < -0.39 is 0 Å². The summed E-state index contributed by atoms with van der Waals surface area (Å²) in [6.45, 7) is 11.4. The van der Waals surface area contributed by atoms with E-state index in [-0.39, 0.29) is 5.41 Å². The van der Waals surface area contributed by atoms with E-state index in [4.69, 9.17) is 4.74 Å². The van der Waals surface area contributed by atoms with E-state index >= 15 is 0 Å². The Kier molecular flexibility index (Phi) is 3.72. The standard InChI is InChI=1S/C13H21NO/c1-6-13(4,5)9-15-12-8-7-10(2)11(3)14-12/h7-8H,6,9H2,1-5H3. The molecule has 0 bridgehead atoms. The number of hydrogen-bond acceptors (Lipinski definition) is 2. The average Bonchev–Trinajstić information content (AvgIpc) is 2.20. The summed E-state index contributed by atoms with van der Waals surface area (Å²) in [5.74, 6) is 0.736. The minimum Gasteiger partial charge on any atom is -0.477 e. The molecule has 0 atom stereocenters. The van der Waals surface area contributed by atoms with E-state index in [1.807, 2.05) is 13.0 Å². The van der Waals surface area contributed by atoms with Crippen molar-refractivity contribution < 1.29 is 4.74 Å². The number of aromatic nitrogens is 1. The van der Waals surface area contributed by atoms with Gasteiger partial charge in [-0.3, -0.25) is 0 Å². The second-order valence-electron chi connectivity index (χ2n) is 4.86. The number of hydrogen-bond donors (Lipinski definition) is 0. The summed E-state index contributed by atoms with van der Waals surface area (Å²) >= 11 is 0. The maximum absolute atomic E-state index is 5.69. The third-order valence-corrected chi connectivity index (χ3v) is 2.89. The van der Waals surface area contributed by atoms with E-state index in [1.54, 1.807) is 0 Å². The van der Waals surface area contributed by atoms with Crippen LogP contribution in [-0.2, 0) is 0 Å². The van der Waals surface area contributed by atoms with Crippen LogP contribution in [0.25, 0.3) is 0 Å². The van der Waals surface area contributed by atoms with Crippen molar-refractivity contribution in [2.45, 2.75) is 41.0 Å². The SMILES string of the molecule is CCC(C)(C)COc1ccc(C)c(C)n1. The Hall–Kier alpha value is -1.05. The largest absolute Gasteiger partial charge is 0.477 e. The van der Waals surface area contributed by atoms with Gasteiger partial charge in [-0.2, -0.15) is 0 Å². The summed E-state index contributed by atoms with van der Waals surface area (Å²) in [6.07, 6.45) is 1.11. The quantitative estimate of drug-likeness (QED) is 0.753. The van der Waals surface area contributed by atoms with Crippen molar-refractivity contribution in [1.82, 2.24) is 4.98 Å². The molecule has 0 aliphatic heterocycles. The molecule has 84 valence electrons. The third kappa shape index (κ3) is 3.54. The second kappa shape index (κ2) is 4.65. The first-order chi connectivity index (χ1) is 6.94. The van der Waals surface area contributed by atoms with E-state index in [0.29, 0.717) is 0 Å². The van der Waals surface area contributed by atoms with Crippen molar-refractivity contribution in [3.8, 4) is 5.88 Å². The van der Waals surface area contributed by atoms with E-state index in [9.17, 15) is 0 Å². The molecule has 0 radical (unpaired) electrons. The molecule has 1 heterocycles. The fraction of sp³-hybridized carbons (Fsp3) is 0.615. The van der Waals surface area contributed by atoms with Crippen molar-refractivity contribution in [3.63, 3.8) is 0 Å². The lowest BCUT2D eigenvalue weighted by Gasteiger charge is -2.22. The van der Waals surface area contributed by atoms with Crippen LogP contribution in [0, 0.1) is 19.3 Å². The zero-order valence-electron chi connectivity index (χ0n) is 10.4. The van der Waals surface area contributed by atoms with Gasteiger partial charge >= 0.3 is 0 Å². The number of nitrogens with zero attached hydrogens (tertiary/aromatic N) is 1. The van der Waals surface area contributed by atoms with Crippen LogP contribution in [0.3, 0.4) is 0 Å². The molecular formula is C13H21NO. The van der Waals surface area contributed by atoms with E-state index in [2.05, 4.69) is 38.7 Å². The fourth-order valence-electron chi connectivity index (χ4n) is 1.06. The van der Waals surface area contributed by atoms with Crippen LogP contribution in [0.2, 0.25) is 0 Å². The number of rotatable bonds is 4. The summed E-state index contributed by atoms with van der Waals surface area (Å²) in [4.78, 5) is 4.39. The highest BCUT2D eigenvalue weighted by Crippen LogP contribution is 2.21. The van der Waals surface area contributed by atoms with Crippen molar-refractivity contribution in [2.75, 3.05) is 6.61 Å². The molecule has 0 unspecified atom stereocenters. The number of aryl methyl sites for hydroxylation is 2. The molecule has 0 amide bonds. The summed E-state index contributed by atoms with van der Waals surface area (Å²) in [5, 5.41) is 0. The maximum atomic E-state index is 5.69. The Morgan fingerprint density at radius 1 is 1.27 bits per heavy atom. The lowest BCUT2D eigenvalue weighted by atomic mass is 9.92. The van der Waals surface area contributed by atoms with Gasteiger partial charge in [-0.1, -0.05) is 26.8 Å². The molecule has 0 N–H and O–H groups in total. The summed E-state index contributed by atoms with van der Waals surface area (Å²) < 4.78 is 5.69. The van der Waals surface area contributed by atoms with Crippen molar-refractivity contribution in [3.05, 3.63) is 23.4 Å². The predicted molar refractivity (Wildman–Crippen MR) is 63.3 cm³/mol. The van der Waals surface area contributed by atoms with Gasteiger partial charge in [0.05, 0.1) is 6.61 Å². The molecule has 1 aromatic heterocycles. The number of ether oxygens (including phenoxy) is 1. The minimum atomic E-state index is 0.223. The van der Waals surface area contributed by atoms with Crippen LogP contribution in [0.15, 0.2) is 12.1 Å². The molecule has 0 saturated heterocycles. The van der Waals surface area contributed by atoms with E-state index in [1.165, 1.54) is 5.56 Å². The monoisotopic (exact) mass is 207 g/mol. The first kappa shape index (κ1) is 12.0. The molecule has 1 aromatic rings. The van der Waals surface area contributed by atoms with Crippen LogP contribution in [0.4, 0.5) is 0 Å². The van der Waals surface area contributed by atoms with Gasteiger partial charge in [-0.25, -0.2) is 4.98 Å². The Morgan fingerprint density at radius 2 is 1.93 bits per heavy atom. The Morgan fingerprint density at radius 3 is 2.47 bits per heavy atom. The molecular weight excluding hydrogens is 186 g/mol. The van der Waals surface area contributed by atoms with Crippen molar-refractivity contribution in [2.24, 2.45) is 5.41 Å². The van der Waals surface area contributed by atoms with Gasteiger partial charge in [0.1, 0.15) is 0 Å². The van der Waals surface area contributed by atoms with Crippen LogP contribution in [0.1, 0.15) is 38.4 Å². The highest BCUT2D eigenvalue weighted by atomic mass is 16.5. The van der Waals surface area contributed by atoms with Gasteiger partial charge in [0, 0.05) is 11.8 Å². The average molecular weight is 207 g/mol. The molecule has 0 aromatic carbocycles. The van der Waals surface area contributed by atoms with Crippen LogP contribution in [0.5, 0.6) is 5.88 Å². The molecule has 2 heteroatoms. The molecule has 0 fully saturated rings. The molecule has 1 rings (SSSR count). The van der Waals surface area contributed by atoms with Gasteiger partial charge < -0.3 is 4.74 Å². The van der Waals surface area contributed by atoms with Crippen LogP contribution < -0.4 is 4.74 Å². The fourth-order valence-corrected chi connectivity index (χ4v) is 1.06. The Bertz CT molecular complexity index is 331. The predicted octanol–water partition coefficient (Wildman–Crippen LogP) is 3.51. The summed E-state index contributed by atoms with van der Waals surface area (Å²) in [6, 6.07) is 3.99. The van der Waals surface area contributed by atoms with Gasteiger partial charge in [-0.15, -0.1) is 0 Å². The molecule has 15 heavy (non-hydrogen) atoms. The second-order valence-corrected chi connectivity index (χ2v) is 4.86. The zero-order valence-corrected chi connectivity index (χ0v) is 10.4. The molecule has 0 aliphatic carbocycles. The van der Waals surface area contributed by atoms with Crippen LogP contribution in [-0.4, -0.2) is 11.6 Å². The molecule has 0 saturated carbocycles. The van der Waals surface area contributed by atoms with Gasteiger partial charge in [0.15, 0.2) is 0 Å². The van der Waals surface area contributed by atoms with Crippen molar-refractivity contribution in [1.29, 1.82) is 0 Å². The minimum absolute atomic E-state index is 0.223. The molecule has 2 nitrogen and oxygen atoms in total. The van der Waals surface area contributed by atoms with Gasteiger partial charge in [0.25, 0.3) is 0 Å². The topological polar surface area (TPSA) is 22.1 Å². The third-order valence-electron chi connectivity index (χ3n) is 2.89. The maximum Gasteiger partial charge on any atom is 0.213 e. The molecule has 0 spiro atoms.